The van der Waals surface area contributed by atoms with Crippen molar-refractivity contribution in [2.75, 3.05) is 6.61 Å². The fraction of sp³-hybridized carbons (Fsp3) is 0.917. The van der Waals surface area contributed by atoms with E-state index in [0.29, 0.717) is 12.5 Å². The van der Waals surface area contributed by atoms with E-state index in [-0.39, 0.29) is 11.9 Å². The Bertz CT molecular complexity index is 154. The molecule has 0 bridgehead atoms. The first-order valence-electron chi connectivity index (χ1n) is 5.78. The summed E-state index contributed by atoms with van der Waals surface area (Å²) in [6, 6.07) is 0. The van der Waals surface area contributed by atoms with Gasteiger partial charge in [-0.25, -0.2) is 0 Å². The Morgan fingerprint density at radius 3 is 2.21 bits per heavy atom. The second-order valence-corrected chi connectivity index (χ2v) is 4.21. The highest BCUT2D eigenvalue weighted by molar-refractivity contribution is 5.71. The first-order chi connectivity index (χ1) is 6.61. The first kappa shape index (κ1) is 13.5. The molecule has 0 aliphatic carbocycles. The van der Waals surface area contributed by atoms with E-state index in [0.717, 1.165) is 25.7 Å². The summed E-state index contributed by atoms with van der Waals surface area (Å²) < 4.78 is 5.23. The monoisotopic (exact) mass is 200 g/mol. The Hall–Kier alpha value is -0.530. The highest BCUT2D eigenvalue weighted by Gasteiger charge is 2.14. The Morgan fingerprint density at radius 1 is 1.14 bits per heavy atom. The van der Waals surface area contributed by atoms with Crippen LogP contribution >= 0.6 is 0 Å². The lowest BCUT2D eigenvalue weighted by Gasteiger charge is -2.13. The quantitative estimate of drug-likeness (QED) is 0.589. The van der Waals surface area contributed by atoms with Crippen molar-refractivity contribution in [1.82, 2.24) is 0 Å². The third kappa shape index (κ3) is 6.01. The van der Waals surface area contributed by atoms with Gasteiger partial charge in [-0.3, -0.25) is 4.79 Å². The van der Waals surface area contributed by atoms with Gasteiger partial charge in [0.1, 0.15) is 0 Å². The molecule has 0 aliphatic rings. The number of rotatable bonds is 7. The van der Waals surface area contributed by atoms with E-state index in [1.54, 1.807) is 0 Å². The average molecular weight is 200 g/mol. The number of ether oxygens (including phenoxy) is 1. The molecule has 0 aliphatic heterocycles. The van der Waals surface area contributed by atoms with Crippen LogP contribution in [0.15, 0.2) is 0 Å². The van der Waals surface area contributed by atoms with Gasteiger partial charge in [0, 0.05) is 0 Å². The van der Waals surface area contributed by atoms with Crippen molar-refractivity contribution in [2.24, 2.45) is 11.8 Å². The van der Waals surface area contributed by atoms with Gasteiger partial charge in [-0.05, 0) is 18.8 Å². The van der Waals surface area contributed by atoms with Crippen LogP contribution in [0, 0.1) is 11.8 Å². The van der Waals surface area contributed by atoms with Gasteiger partial charge in [0.15, 0.2) is 0 Å². The lowest BCUT2D eigenvalue weighted by atomic mass is 10.1. The molecule has 0 aromatic carbocycles. The fourth-order valence-electron chi connectivity index (χ4n) is 1.49. The summed E-state index contributed by atoms with van der Waals surface area (Å²) >= 11 is 0. The predicted octanol–water partition coefficient (Wildman–Crippen LogP) is 3.40. The number of carbonyl (C=O) groups excluding carboxylic acids is 1. The molecule has 14 heavy (non-hydrogen) atoms. The minimum absolute atomic E-state index is 0.0326. The number of esters is 1. The molecule has 0 amide bonds. The van der Waals surface area contributed by atoms with Crippen LogP contribution in [0.3, 0.4) is 0 Å². The standard InChI is InChI=1S/C12H24O2/c1-5-7-10(3)9-14-12(13)11(4)8-6-2/h10-11H,5-9H2,1-4H3/t10-,11+/m0/s1. The van der Waals surface area contributed by atoms with Crippen LogP contribution in [0.5, 0.6) is 0 Å². The molecule has 0 radical (unpaired) electrons. The smallest absolute Gasteiger partial charge is 0.308 e. The van der Waals surface area contributed by atoms with Crippen LogP contribution in [0.1, 0.15) is 53.4 Å². The van der Waals surface area contributed by atoms with Gasteiger partial charge in [-0.1, -0.05) is 40.5 Å². The van der Waals surface area contributed by atoms with Crippen molar-refractivity contribution >= 4 is 5.97 Å². The molecule has 0 aromatic heterocycles. The molecular formula is C12H24O2. The molecule has 0 unspecified atom stereocenters. The van der Waals surface area contributed by atoms with E-state index < -0.39 is 0 Å². The molecule has 0 spiro atoms. The van der Waals surface area contributed by atoms with Gasteiger partial charge in [0.25, 0.3) is 0 Å². The normalized spacial score (nSPS) is 14.9. The second kappa shape index (κ2) is 7.84. The third-order valence-electron chi connectivity index (χ3n) is 2.42. The van der Waals surface area contributed by atoms with E-state index >= 15 is 0 Å². The summed E-state index contributed by atoms with van der Waals surface area (Å²) in [5.74, 6) is 0.529. The van der Waals surface area contributed by atoms with Gasteiger partial charge < -0.3 is 4.74 Å². The van der Waals surface area contributed by atoms with Crippen molar-refractivity contribution in [3.8, 4) is 0 Å². The topological polar surface area (TPSA) is 26.3 Å². The number of hydrogen-bond acceptors (Lipinski definition) is 2. The lowest BCUT2D eigenvalue weighted by molar-refractivity contribution is -0.149. The van der Waals surface area contributed by atoms with E-state index in [9.17, 15) is 4.79 Å². The summed E-state index contributed by atoms with van der Waals surface area (Å²) in [5, 5.41) is 0. The Kier molecular flexibility index (Phi) is 7.54. The maximum atomic E-state index is 11.4. The van der Waals surface area contributed by atoms with Gasteiger partial charge in [0.2, 0.25) is 0 Å². The molecule has 2 atom stereocenters. The molecule has 0 rings (SSSR count). The van der Waals surface area contributed by atoms with Crippen LogP contribution < -0.4 is 0 Å². The maximum Gasteiger partial charge on any atom is 0.308 e. The van der Waals surface area contributed by atoms with Crippen molar-refractivity contribution in [2.45, 2.75) is 53.4 Å². The molecule has 2 nitrogen and oxygen atoms in total. The zero-order valence-corrected chi connectivity index (χ0v) is 10.0. The summed E-state index contributed by atoms with van der Waals surface area (Å²) in [4.78, 5) is 11.4. The number of carbonyl (C=O) groups is 1. The highest BCUT2D eigenvalue weighted by Crippen LogP contribution is 2.10. The summed E-state index contributed by atoms with van der Waals surface area (Å²) in [6.07, 6.45) is 4.26. The molecule has 0 heterocycles. The zero-order chi connectivity index (χ0) is 11.0. The largest absolute Gasteiger partial charge is 0.465 e. The van der Waals surface area contributed by atoms with Gasteiger partial charge >= 0.3 is 5.97 Å². The zero-order valence-electron chi connectivity index (χ0n) is 10.0. The minimum Gasteiger partial charge on any atom is -0.465 e. The molecule has 0 aromatic rings. The SMILES string of the molecule is CCC[C@H](C)COC(=O)[C@H](C)CCC. The molecular weight excluding hydrogens is 176 g/mol. The van der Waals surface area contributed by atoms with E-state index in [1.807, 2.05) is 6.92 Å². The van der Waals surface area contributed by atoms with Crippen LogP contribution in [-0.2, 0) is 9.53 Å². The Morgan fingerprint density at radius 2 is 1.71 bits per heavy atom. The second-order valence-electron chi connectivity index (χ2n) is 4.21. The van der Waals surface area contributed by atoms with Crippen molar-refractivity contribution in [1.29, 1.82) is 0 Å². The molecule has 0 fully saturated rings. The van der Waals surface area contributed by atoms with Crippen LogP contribution in [0.4, 0.5) is 0 Å². The maximum absolute atomic E-state index is 11.4. The molecule has 2 heteroatoms. The van der Waals surface area contributed by atoms with E-state index in [2.05, 4.69) is 20.8 Å². The highest BCUT2D eigenvalue weighted by atomic mass is 16.5. The van der Waals surface area contributed by atoms with Gasteiger partial charge in [0.05, 0.1) is 12.5 Å². The van der Waals surface area contributed by atoms with E-state index in [1.165, 1.54) is 0 Å². The van der Waals surface area contributed by atoms with Crippen molar-refractivity contribution < 1.29 is 9.53 Å². The van der Waals surface area contributed by atoms with Crippen molar-refractivity contribution in [3.63, 3.8) is 0 Å². The summed E-state index contributed by atoms with van der Waals surface area (Å²) in [7, 11) is 0. The fourth-order valence-corrected chi connectivity index (χ4v) is 1.49. The van der Waals surface area contributed by atoms with Gasteiger partial charge in [-0.2, -0.15) is 0 Å². The number of hydrogen-bond donors (Lipinski definition) is 0. The molecule has 0 saturated carbocycles. The average Bonchev–Trinajstić information content (AvgIpc) is 2.15. The third-order valence-corrected chi connectivity index (χ3v) is 2.42. The minimum atomic E-state index is -0.0326. The lowest BCUT2D eigenvalue weighted by Crippen LogP contribution is -2.18. The van der Waals surface area contributed by atoms with Crippen LogP contribution in [-0.4, -0.2) is 12.6 Å². The first-order valence-corrected chi connectivity index (χ1v) is 5.78. The van der Waals surface area contributed by atoms with Gasteiger partial charge in [-0.15, -0.1) is 0 Å². The molecule has 0 N–H and O–H groups in total. The van der Waals surface area contributed by atoms with Crippen LogP contribution in [0.25, 0.3) is 0 Å². The molecule has 0 saturated heterocycles. The van der Waals surface area contributed by atoms with Crippen molar-refractivity contribution in [3.05, 3.63) is 0 Å². The Labute approximate surface area is 88.0 Å². The molecule has 84 valence electrons. The van der Waals surface area contributed by atoms with Crippen LogP contribution in [0.2, 0.25) is 0 Å². The Balaban J connectivity index is 3.61. The predicted molar refractivity (Wildman–Crippen MR) is 59.1 cm³/mol. The summed E-state index contributed by atoms with van der Waals surface area (Å²) in [6.45, 7) is 8.89. The summed E-state index contributed by atoms with van der Waals surface area (Å²) in [5.41, 5.74) is 0. The van der Waals surface area contributed by atoms with E-state index in [4.69, 9.17) is 4.74 Å².